The van der Waals surface area contributed by atoms with E-state index >= 15 is 0 Å². The summed E-state index contributed by atoms with van der Waals surface area (Å²) in [5.41, 5.74) is 6.19. The Kier molecular flexibility index (Phi) is 2.77. The monoisotopic (exact) mass is 219 g/mol. The van der Waals surface area contributed by atoms with Gasteiger partial charge in [0.1, 0.15) is 5.84 Å². The number of anilines is 1. The van der Waals surface area contributed by atoms with Gasteiger partial charge < -0.3 is 10.6 Å². The zero-order chi connectivity index (χ0) is 11.7. The highest BCUT2D eigenvalue weighted by Gasteiger charge is 2.32. The Morgan fingerprint density at radius 2 is 2.31 bits per heavy atom. The Morgan fingerprint density at radius 3 is 2.88 bits per heavy atom. The predicted molar refractivity (Wildman–Crippen MR) is 63.6 cm³/mol. The molecule has 0 amide bonds. The van der Waals surface area contributed by atoms with Crippen molar-refractivity contribution in [3.05, 3.63) is 17.8 Å². The van der Waals surface area contributed by atoms with E-state index in [1.165, 1.54) is 12.8 Å². The van der Waals surface area contributed by atoms with Crippen LogP contribution in [0.4, 0.5) is 5.82 Å². The number of aromatic nitrogens is 2. The van der Waals surface area contributed by atoms with E-state index in [0.717, 1.165) is 5.92 Å². The maximum Gasteiger partial charge on any atom is 0.162 e. The SMILES string of the molecule is CC(C1CC1)N(C)c1nnccc1C(=N)N. The molecule has 0 aromatic carbocycles. The van der Waals surface area contributed by atoms with Crippen molar-refractivity contribution in [1.82, 2.24) is 10.2 Å². The van der Waals surface area contributed by atoms with Crippen LogP contribution in [-0.4, -0.2) is 29.1 Å². The lowest BCUT2D eigenvalue weighted by atomic mass is 10.1. The average Bonchev–Trinajstić information content (AvgIpc) is 3.11. The van der Waals surface area contributed by atoms with Crippen LogP contribution in [0.3, 0.4) is 0 Å². The van der Waals surface area contributed by atoms with E-state index in [0.29, 0.717) is 17.4 Å². The molecular weight excluding hydrogens is 202 g/mol. The lowest BCUT2D eigenvalue weighted by molar-refractivity contribution is 0.600. The summed E-state index contributed by atoms with van der Waals surface area (Å²) in [6, 6.07) is 2.16. The Hall–Kier alpha value is -1.65. The summed E-state index contributed by atoms with van der Waals surface area (Å²) < 4.78 is 0. The Labute approximate surface area is 95.2 Å². The zero-order valence-electron chi connectivity index (χ0n) is 9.64. The van der Waals surface area contributed by atoms with Gasteiger partial charge in [-0.15, -0.1) is 5.10 Å². The van der Waals surface area contributed by atoms with Crippen LogP contribution in [0.15, 0.2) is 12.3 Å². The first-order valence-electron chi connectivity index (χ1n) is 5.50. The molecule has 5 heteroatoms. The summed E-state index contributed by atoms with van der Waals surface area (Å²) >= 11 is 0. The van der Waals surface area contributed by atoms with E-state index in [9.17, 15) is 0 Å². The first-order valence-corrected chi connectivity index (χ1v) is 5.50. The van der Waals surface area contributed by atoms with Gasteiger partial charge in [-0.3, -0.25) is 5.41 Å². The van der Waals surface area contributed by atoms with Gasteiger partial charge in [-0.05, 0) is 31.7 Å². The molecular formula is C11H17N5. The Morgan fingerprint density at radius 1 is 1.62 bits per heavy atom. The van der Waals surface area contributed by atoms with Gasteiger partial charge in [-0.25, -0.2) is 0 Å². The minimum atomic E-state index is 0.0414. The van der Waals surface area contributed by atoms with Crippen molar-refractivity contribution in [1.29, 1.82) is 5.41 Å². The number of nitrogens with one attached hydrogen (secondary N) is 1. The minimum Gasteiger partial charge on any atom is -0.384 e. The highest BCUT2D eigenvalue weighted by molar-refractivity contribution is 5.99. The van der Waals surface area contributed by atoms with Crippen LogP contribution in [0.5, 0.6) is 0 Å². The van der Waals surface area contributed by atoms with E-state index in [1.54, 1.807) is 12.3 Å². The molecule has 0 radical (unpaired) electrons. The predicted octanol–water partition coefficient (Wildman–Crippen LogP) is 0.995. The van der Waals surface area contributed by atoms with Crippen molar-refractivity contribution in [2.45, 2.75) is 25.8 Å². The van der Waals surface area contributed by atoms with Gasteiger partial charge in [-0.1, -0.05) is 0 Å². The van der Waals surface area contributed by atoms with Crippen LogP contribution < -0.4 is 10.6 Å². The van der Waals surface area contributed by atoms with E-state index in [-0.39, 0.29) is 5.84 Å². The zero-order valence-corrected chi connectivity index (χ0v) is 9.64. The molecule has 16 heavy (non-hydrogen) atoms. The lowest BCUT2D eigenvalue weighted by Crippen LogP contribution is -2.33. The third kappa shape index (κ3) is 1.98. The molecule has 1 atom stereocenters. The van der Waals surface area contributed by atoms with Crippen LogP contribution in [-0.2, 0) is 0 Å². The molecule has 1 aromatic heterocycles. The fraction of sp³-hybridized carbons (Fsp3) is 0.545. The molecule has 0 bridgehead atoms. The molecule has 2 rings (SSSR count). The number of hydrogen-bond donors (Lipinski definition) is 2. The Bertz CT molecular complexity index is 399. The topological polar surface area (TPSA) is 78.9 Å². The molecule has 1 saturated carbocycles. The van der Waals surface area contributed by atoms with Crippen LogP contribution >= 0.6 is 0 Å². The van der Waals surface area contributed by atoms with Crippen LogP contribution in [0, 0.1) is 11.3 Å². The average molecular weight is 219 g/mol. The molecule has 1 heterocycles. The van der Waals surface area contributed by atoms with E-state index in [1.807, 2.05) is 7.05 Å². The molecule has 0 spiro atoms. The van der Waals surface area contributed by atoms with Crippen LogP contribution in [0.25, 0.3) is 0 Å². The molecule has 86 valence electrons. The van der Waals surface area contributed by atoms with Crippen LogP contribution in [0.2, 0.25) is 0 Å². The van der Waals surface area contributed by atoms with Crippen molar-refractivity contribution < 1.29 is 0 Å². The van der Waals surface area contributed by atoms with Crippen molar-refractivity contribution >= 4 is 11.7 Å². The summed E-state index contributed by atoms with van der Waals surface area (Å²) in [6.07, 6.45) is 4.12. The summed E-state index contributed by atoms with van der Waals surface area (Å²) in [5.74, 6) is 1.49. The Balaban J connectivity index is 2.27. The van der Waals surface area contributed by atoms with Crippen molar-refractivity contribution in [2.24, 2.45) is 11.7 Å². The van der Waals surface area contributed by atoms with Crippen molar-refractivity contribution in [3.8, 4) is 0 Å². The number of rotatable bonds is 4. The maximum absolute atomic E-state index is 7.52. The summed E-state index contributed by atoms with van der Waals surface area (Å²) in [7, 11) is 1.99. The third-order valence-corrected chi connectivity index (χ3v) is 3.24. The summed E-state index contributed by atoms with van der Waals surface area (Å²) in [5, 5.41) is 15.5. The second-order valence-corrected chi connectivity index (χ2v) is 4.37. The summed E-state index contributed by atoms with van der Waals surface area (Å²) in [6.45, 7) is 2.18. The highest BCUT2D eigenvalue weighted by Crippen LogP contribution is 2.36. The van der Waals surface area contributed by atoms with Gasteiger partial charge in [0.05, 0.1) is 11.8 Å². The van der Waals surface area contributed by atoms with Gasteiger partial charge >= 0.3 is 0 Å². The van der Waals surface area contributed by atoms with Crippen molar-refractivity contribution in [3.63, 3.8) is 0 Å². The molecule has 1 unspecified atom stereocenters. The van der Waals surface area contributed by atoms with Crippen LogP contribution in [0.1, 0.15) is 25.3 Å². The standard InChI is InChI=1S/C11H17N5/c1-7(8-3-4-8)16(2)11-9(10(12)13)5-6-14-15-11/h5-8H,3-4H2,1-2H3,(H3,12,13). The molecule has 1 fully saturated rings. The molecule has 1 aliphatic rings. The molecule has 0 aliphatic heterocycles. The second kappa shape index (κ2) is 4.08. The number of nitrogens with two attached hydrogens (primary N) is 1. The maximum atomic E-state index is 7.52. The van der Waals surface area contributed by atoms with Gasteiger partial charge in [0.25, 0.3) is 0 Å². The quantitative estimate of drug-likeness (QED) is 0.585. The normalized spacial score (nSPS) is 16.9. The second-order valence-electron chi connectivity index (χ2n) is 4.37. The van der Waals surface area contributed by atoms with Gasteiger partial charge in [-0.2, -0.15) is 5.10 Å². The fourth-order valence-electron chi connectivity index (χ4n) is 1.88. The lowest BCUT2D eigenvalue weighted by Gasteiger charge is -2.26. The molecule has 0 saturated heterocycles. The minimum absolute atomic E-state index is 0.0414. The van der Waals surface area contributed by atoms with Gasteiger partial charge in [0.15, 0.2) is 5.82 Å². The van der Waals surface area contributed by atoms with E-state index in [4.69, 9.17) is 11.1 Å². The van der Waals surface area contributed by atoms with Crippen molar-refractivity contribution in [2.75, 3.05) is 11.9 Å². The number of nitrogen functional groups attached to an aromatic ring is 1. The molecule has 5 nitrogen and oxygen atoms in total. The number of amidine groups is 1. The fourth-order valence-corrected chi connectivity index (χ4v) is 1.88. The summed E-state index contributed by atoms with van der Waals surface area (Å²) in [4.78, 5) is 2.07. The largest absolute Gasteiger partial charge is 0.384 e. The van der Waals surface area contributed by atoms with E-state index < -0.39 is 0 Å². The number of hydrogen-bond acceptors (Lipinski definition) is 4. The number of nitrogens with zero attached hydrogens (tertiary/aromatic N) is 3. The molecule has 1 aromatic rings. The highest BCUT2D eigenvalue weighted by atomic mass is 15.3. The third-order valence-electron chi connectivity index (χ3n) is 3.24. The van der Waals surface area contributed by atoms with Gasteiger partial charge in [0, 0.05) is 13.1 Å². The first kappa shape index (κ1) is 10.9. The van der Waals surface area contributed by atoms with E-state index in [2.05, 4.69) is 22.0 Å². The van der Waals surface area contributed by atoms with Gasteiger partial charge in [0.2, 0.25) is 0 Å². The smallest absolute Gasteiger partial charge is 0.162 e. The molecule has 1 aliphatic carbocycles. The first-order chi connectivity index (χ1) is 7.61. The molecule has 3 N–H and O–H groups in total.